The number of benzene rings is 1. The normalized spacial score (nSPS) is 20.8. The molecule has 1 aliphatic rings. The Morgan fingerprint density at radius 3 is 3.16 bits per heavy atom. The zero-order chi connectivity index (χ0) is 13.2. The quantitative estimate of drug-likeness (QED) is 0.854. The standard InChI is InChI=1S/C15H19N3S/c1-11-10-19-8-7-18(11)9-12-4-5-14(16)13-3-2-6-17-15(12)13/h2-6,11H,7-10,16H2,1H3. The maximum absolute atomic E-state index is 6.03. The number of fused-ring (bicyclic) bond motifs is 1. The molecule has 0 amide bonds. The van der Waals surface area contributed by atoms with Crippen molar-refractivity contribution in [2.45, 2.75) is 19.5 Å². The van der Waals surface area contributed by atoms with E-state index in [1.165, 1.54) is 17.1 Å². The van der Waals surface area contributed by atoms with Gasteiger partial charge in [0.05, 0.1) is 5.52 Å². The molecule has 19 heavy (non-hydrogen) atoms. The lowest BCUT2D eigenvalue weighted by Crippen LogP contribution is -2.39. The highest BCUT2D eigenvalue weighted by Gasteiger charge is 2.19. The SMILES string of the molecule is CC1CSCCN1Cc1ccc(N)c2cccnc12. The van der Waals surface area contributed by atoms with E-state index < -0.39 is 0 Å². The molecule has 1 fully saturated rings. The summed E-state index contributed by atoms with van der Waals surface area (Å²) in [6, 6.07) is 8.76. The molecule has 1 aliphatic heterocycles. The number of aromatic nitrogens is 1. The lowest BCUT2D eigenvalue weighted by atomic mass is 10.1. The molecule has 0 spiro atoms. The van der Waals surface area contributed by atoms with Crippen molar-refractivity contribution in [2.24, 2.45) is 0 Å². The number of rotatable bonds is 2. The molecule has 2 aromatic rings. The van der Waals surface area contributed by atoms with Gasteiger partial charge >= 0.3 is 0 Å². The van der Waals surface area contributed by atoms with E-state index in [0.29, 0.717) is 6.04 Å². The molecule has 3 rings (SSSR count). The Hall–Kier alpha value is -1.26. The number of nitrogens with two attached hydrogens (primary N) is 1. The molecule has 0 radical (unpaired) electrons. The molecule has 1 atom stereocenters. The minimum absolute atomic E-state index is 0.634. The number of hydrogen-bond acceptors (Lipinski definition) is 4. The van der Waals surface area contributed by atoms with Crippen LogP contribution >= 0.6 is 11.8 Å². The van der Waals surface area contributed by atoms with Gasteiger partial charge in [-0.25, -0.2) is 0 Å². The van der Waals surface area contributed by atoms with Gasteiger partial charge < -0.3 is 5.73 Å². The van der Waals surface area contributed by atoms with Gasteiger partial charge in [-0.3, -0.25) is 9.88 Å². The molecule has 4 heteroatoms. The molecular formula is C15H19N3S. The fraction of sp³-hybridized carbons (Fsp3) is 0.400. The van der Waals surface area contributed by atoms with Crippen LogP contribution in [0.25, 0.3) is 10.9 Å². The maximum Gasteiger partial charge on any atom is 0.0767 e. The van der Waals surface area contributed by atoms with Crippen molar-refractivity contribution in [1.29, 1.82) is 0 Å². The molecule has 1 aromatic heterocycles. The van der Waals surface area contributed by atoms with Gasteiger partial charge in [-0.2, -0.15) is 11.8 Å². The Morgan fingerprint density at radius 1 is 1.42 bits per heavy atom. The van der Waals surface area contributed by atoms with Crippen LogP contribution in [0.5, 0.6) is 0 Å². The number of nitrogens with zero attached hydrogens (tertiary/aromatic N) is 2. The van der Waals surface area contributed by atoms with E-state index in [9.17, 15) is 0 Å². The zero-order valence-corrected chi connectivity index (χ0v) is 12.0. The van der Waals surface area contributed by atoms with Crippen molar-refractivity contribution in [1.82, 2.24) is 9.88 Å². The van der Waals surface area contributed by atoms with E-state index in [0.717, 1.165) is 29.7 Å². The zero-order valence-electron chi connectivity index (χ0n) is 11.2. The van der Waals surface area contributed by atoms with Crippen molar-refractivity contribution in [3.63, 3.8) is 0 Å². The van der Waals surface area contributed by atoms with Crippen molar-refractivity contribution in [2.75, 3.05) is 23.8 Å². The lowest BCUT2D eigenvalue weighted by Gasteiger charge is -2.33. The molecule has 1 unspecified atom stereocenters. The van der Waals surface area contributed by atoms with E-state index in [-0.39, 0.29) is 0 Å². The van der Waals surface area contributed by atoms with E-state index in [4.69, 9.17) is 5.73 Å². The predicted octanol–water partition coefficient (Wildman–Crippen LogP) is 2.75. The van der Waals surface area contributed by atoms with Gasteiger partial charge in [-0.15, -0.1) is 0 Å². The van der Waals surface area contributed by atoms with Gasteiger partial charge in [0, 0.05) is 47.9 Å². The van der Waals surface area contributed by atoms with Crippen LogP contribution in [0.2, 0.25) is 0 Å². The van der Waals surface area contributed by atoms with Crippen LogP contribution in [-0.4, -0.2) is 34.0 Å². The predicted molar refractivity (Wildman–Crippen MR) is 83.4 cm³/mol. The Labute approximate surface area is 118 Å². The van der Waals surface area contributed by atoms with Crippen LogP contribution in [-0.2, 0) is 6.54 Å². The van der Waals surface area contributed by atoms with Gasteiger partial charge in [-0.05, 0) is 30.7 Å². The van der Waals surface area contributed by atoms with Crippen molar-refractivity contribution >= 4 is 28.4 Å². The first-order valence-corrected chi connectivity index (χ1v) is 7.85. The summed E-state index contributed by atoms with van der Waals surface area (Å²) in [4.78, 5) is 7.06. The number of pyridine rings is 1. The minimum Gasteiger partial charge on any atom is -0.398 e. The summed E-state index contributed by atoms with van der Waals surface area (Å²) < 4.78 is 0. The summed E-state index contributed by atoms with van der Waals surface area (Å²) >= 11 is 2.05. The summed E-state index contributed by atoms with van der Waals surface area (Å²) in [5.41, 5.74) is 9.17. The maximum atomic E-state index is 6.03. The molecule has 1 saturated heterocycles. The second-order valence-electron chi connectivity index (χ2n) is 5.11. The third-order valence-corrected chi connectivity index (χ3v) is 4.95. The number of thioether (sulfide) groups is 1. The highest BCUT2D eigenvalue weighted by Crippen LogP contribution is 2.25. The Morgan fingerprint density at radius 2 is 2.32 bits per heavy atom. The average molecular weight is 273 g/mol. The summed E-state index contributed by atoms with van der Waals surface area (Å²) in [7, 11) is 0. The topological polar surface area (TPSA) is 42.1 Å². The summed E-state index contributed by atoms with van der Waals surface area (Å²) in [6.07, 6.45) is 1.85. The van der Waals surface area contributed by atoms with Crippen molar-refractivity contribution in [3.05, 3.63) is 36.0 Å². The number of hydrogen-bond donors (Lipinski definition) is 1. The molecule has 0 aliphatic carbocycles. The van der Waals surface area contributed by atoms with E-state index in [1.807, 2.05) is 30.1 Å². The van der Waals surface area contributed by atoms with Crippen LogP contribution in [0, 0.1) is 0 Å². The van der Waals surface area contributed by atoms with Gasteiger partial charge in [0.15, 0.2) is 0 Å². The van der Waals surface area contributed by atoms with Crippen LogP contribution in [0.4, 0.5) is 5.69 Å². The van der Waals surface area contributed by atoms with E-state index in [2.05, 4.69) is 28.9 Å². The molecular weight excluding hydrogens is 254 g/mol. The second-order valence-corrected chi connectivity index (χ2v) is 6.26. The first-order valence-electron chi connectivity index (χ1n) is 6.69. The molecule has 2 heterocycles. The smallest absolute Gasteiger partial charge is 0.0767 e. The first kappa shape index (κ1) is 12.8. The summed E-state index contributed by atoms with van der Waals surface area (Å²) in [6.45, 7) is 4.43. The Balaban J connectivity index is 1.94. The number of anilines is 1. The average Bonchev–Trinajstić information content (AvgIpc) is 2.44. The fourth-order valence-electron chi connectivity index (χ4n) is 2.60. The molecule has 3 nitrogen and oxygen atoms in total. The second kappa shape index (κ2) is 5.39. The molecule has 1 aromatic carbocycles. The summed E-state index contributed by atoms with van der Waals surface area (Å²) in [5.74, 6) is 2.45. The number of nitrogen functional groups attached to an aromatic ring is 1. The molecule has 100 valence electrons. The minimum atomic E-state index is 0.634. The van der Waals surface area contributed by atoms with Gasteiger partial charge in [0.2, 0.25) is 0 Å². The fourth-order valence-corrected chi connectivity index (χ4v) is 3.68. The molecule has 0 bridgehead atoms. The first-order chi connectivity index (χ1) is 9.25. The monoisotopic (exact) mass is 273 g/mol. The third-order valence-electron chi connectivity index (χ3n) is 3.77. The van der Waals surface area contributed by atoms with Crippen LogP contribution < -0.4 is 5.73 Å². The van der Waals surface area contributed by atoms with Crippen LogP contribution in [0.15, 0.2) is 30.5 Å². The Kier molecular flexibility index (Phi) is 3.62. The lowest BCUT2D eigenvalue weighted by molar-refractivity contribution is 0.224. The van der Waals surface area contributed by atoms with E-state index in [1.54, 1.807) is 0 Å². The molecule has 0 saturated carbocycles. The Bertz CT molecular complexity index is 585. The van der Waals surface area contributed by atoms with Gasteiger partial charge in [-0.1, -0.05) is 6.07 Å². The van der Waals surface area contributed by atoms with Gasteiger partial charge in [0.1, 0.15) is 0 Å². The highest BCUT2D eigenvalue weighted by molar-refractivity contribution is 7.99. The van der Waals surface area contributed by atoms with Crippen molar-refractivity contribution < 1.29 is 0 Å². The highest BCUT2D eigenvalue weighted by atomic mass is 32.2. The van der Waals surface area contributed by atoms with Crippen molar-refractivity contribution in [3.8, 4) is 0 Å². The van der Waals surface area contributed by atoms with Gasteiger partial charge in [0.25, 0.3) is 0 Å². The molecule has 2 N–H and O–H groups in total. The largest absolute Gasteiger partial charge is 0.398 e. The third kappa shape index (κ3) is 2.55. The van der Waals surface area contributed by atoms with E-state index >= 15 is 0 Å². The summed E-state index contributed by atoms with van der Waals surface area (Å²) in [5, 5.41) is 1.07. The van der Waals surface area contributed by atoms with Crippen LogP contribution in [0.1, 0.15) is 12.5 Å². The van der Waals surface area contributed by atoms with Crippen LogP contribution in [0.3, 0.4) is 0 Å².